The van der Waals surface area contributed by atoms with Crippen molar-refractivity contribution in [3.05, 3.63) is 12.7 Å². The Morgan fingerprint density at radius 1 is 1.60 bits per heavy atom. The standard InChI is InChI=1S/C3H6.N2/c1-3-2;1-2/h3H,1H2,2H3;. The molecule has 5 heavy (non-hydrogen) atoms. The van der Waals surface area contributed by atoms with Crippen LogP contribution in [0.2, 0.25) is 0 Å². The van der Waals surface area contributed by atoms with Crippen LogP contribution in [0.5, 0.6) is 0 Å². The van der Waals surface area contributed by atoms with E-state index >= 15 is 0 Å². The molecule has 0 heterocycles. The number of hydrogen-bond donors (Lipinski definition) is 0. The SMILES string of the molecule is C=CC.N#N. The van der Waals surface area contributed by atoms with Crippen LogP contribution in [0.25, 0.3) is 0 Å². The Labute approximate surface area is 31.5 Å². The lowest BCUT2D eigenvalue weighted by Gasteiger charge is -1.31. The number of hydrogen-bond acceptors (Lipinski definition) is 2. The van der Waals surface area contributed by atoms with E-state index in [9.17, 15) is 0 Å². The molecule has 0 fully saturated rings. The molecular formula is C3H6N2. The van der Waals surface area contributed by atoms with E-state index in [4.69, 9.17) is 10.8 Å². The largest absolute Gasteiger partial charge is 0.103 e. The van der Waals surface area contributed by atoms with Gasteiger partial charge in [0.05, 0.1) is 0 Å². The lowest BCUT2D eigenvalue weighted by molar-refractivity contribution is 1.15. The van der Waals surface area contributed by atoms with E-state index in [0.717, 1.165) is 0 Å². The zero-order valence-electron chi connectivity index (χ0n) is 3.18. The van der Waals surface area contributed by atoms with Crippen molar-refractivity contribution in [1.29, 1.82) is 10.8 Å². The monoisotopic (exact) mass is 70.1 g/mol. The second-order valence-electron chi connectivity index (χ2n) is 0.408. The van der Waals surface area contributed by atoms with E-state index in [0.29, 0.717) is 0 Å². The Kier molecular flexibility index (Phi) is 1030. The van der Waals surface area contributed by atoms with Gasteiger partial charge in [-0.1, -0.05) is 6.08 Å². The highest BCUT2D eigenvalue weighted by molar-refractivity contribution is 4.51. The molecule has 0 aliphatic rings. The second-order valence-corrected chi connectivity index (χ2v) is 0.408. The zero-order valence-corrected chi connectivity index (χ0v) is 3.18. The molecule has 0 aromatic rings. The summed E-state index contributed by atoms with van der Waals surface area (Å²) in [7, 11) is 0. The highest BCUT2D eigenvalue weighted by Crippen LogP contribution is 1.38. The smallest absolute Gasteiger partial charge is 0 e. The van der Waals surface area contributed by atoms with Crippen molar-refractivity contribution in [3.63, 3.8) is 0 Å². The van der Waals surface area contributed by atoms with Crippen LogP contribution < -0.4 is 0 Å². The lowest BCUT2D eigenvalue weighted by Crippen LogP contribution is -1.07. The van der Waals surface area contributed by atoms with Crippen LogP contribution in [0, 0.1) is 10.8 Å². The first-order valence-electron chi connectivity index (χ1n) is 1.19. The fraction of sp³-hybridized carbons (Fsp3) is 0.333. The van der Waals surface area contributed by atoms with Crippen LogP contribution in [-0.2, 0) is 0 Å². The summed E-state index contributed by atoms with van der Waals surface area (Å²) in [6.07, 6.45) is 1.75. The normalized spacial score (nSPS) is 3.00. The van der Waals surface area contributed by atoms with E-state index in [1.807, 2.05) is 6.92 Å². The molecule has 2 nitrogen and oxygen atoms in total. The first-order chi connectivity index (χ1) is 2.41. The summed E-state index contributed by atoms with van der Waals surface area (Å²) >= 11 is 0. The molecule has 0 N–H and O–H groups in total. The highest BCUT2D eigenvalue weighted by Gasteiger charge is 1.15. The first-order valence-corrected chi connectivity index (χ1v) is 1.19. The molecule has 2 heteroatoms. The third-order valence-corrected chi connectivity index (χ3v) is 0. The molecule has 0 radical (unpaired) electrons. The van der Waals surface area contributed by atoms with Gasteiger partial charge in [0.15, 0.2) is 0 Å². The molecule has 0 unspecified atom stereocenters. The maximum Gasteiger partial charge on any atom is 0 e. The third-order valence-electron chi connectivity index (χ3n) is 0. The van der Waals surface area contributed by atoms with Gasteiger partial charge in [0, 0.05) is 10.8 Å². The summed E-state index contributed by atoms with van der Waals surface area (Å²) in [5, 5.41) is 12.0. The molecule has 0 aromatic heterocycles. The van der Waals surface area contributed by atoms with Gasteiger partial charge in [-0.2, -0.15) is 0 Å². The summed E-state index contributed by atoms with van der Waals surface area (Å²) in [5.41, 5.74) is 0. The van der Waals surface area contributed by atoms with Gasteiger partial charge in [0.2, 0.25) is 0 Å². The molecule has 0 atom stereocenters. The van der Waals surface area contributed by atoms with E-state index in [-0.39, 0.29) is 0 Å². The summed E-state index contributed by atoms with van der Waals surface area (Å²) < 4.78 is 0. The van der Waals surface area contributed by atoms with Crippen LogP contribution >= 0.6 is 0 Å². The van der Waals surface area contributed by atoms with Gasteiger partial charge in [-0.25, -0.2) is 0 Å². The van der Waals surface area contributed by atoms with Gasteiger partial charge in [-0.05, 0) is 6.92 Å². The molecule has 0 aliphatic carbocycles. The minimum absolute atomic E-state index is 1.75. The summed E-state index contributed by atoms with van der Waals surface area (Å²) in [5.74, 6) is 0. The maximum absolute atomic E-state index is 6.00. The Balaban J connectivity index is 0. The second kappa shape index (κ2) is 576. The quantitative estimate of drug-likeness (QED) is 0.318. The van der Waals surface area contributed by atoms with Crippen molar-refractivity contribution in [2.24, 2.45) is 0 Å². The van der Waals surface area contributed by atoms with Crippen LogP contribution in [0.3, 0.4) is 0 Å². The lowest BCUT2D eigenvalue weighted by atomic mass is 10.8. The molecule has 0 amide bonds. The zero-order chi connectivity index (χ0) is 4.71. The van der Waals surface area contributed by atoms with Crippen LogP contribution in [0.4, 0.5) is 0 Å². The maximum atomic E-state index is 6.00. The number of allylic oxidation sites excluding steroid dienone is 1. The van der Waals surface area contributed by atoms with Crippen molar-refractivity contribution in [2.75, 3.05) is 0 Å². The van der Waals surface area contributed by atoms with Gasteiger partial charge in [0.25, 0.3) is 0 Å². The molecule has 0 saturated carbocycles. The number of nitrogens with zero attached hydrogens (tertiary/aromatic N) is 2. The average Bonchev–Trinajstić information content (AvgIpc) is 1.46. The van der Waals surface area contributed by atoms with E-state index < -0.39 is 0 Å². The number of rotatable bonds is 0. The molecule has 0 bridgehead atoms. The average molecular weight is 70.1 g/mol. The Hall–Kier alpha value is -0.840. The van der Waals surface area contributed by atoms with E-state index in [1.165, 1.54) is 0 Å². The molecule has 28 valence electrons. The third kappa shape index (κ3) is 6.03. The van der Waals surface area contributed by atoms with Crippen molar-refractivity contribution in [1.82, 2.24) is 0 Å². The van der Waals surface area contributed by atoms with Crippen molar-refractivity contribution >= 4 is 0 Å². The molecule has 0 saturated heterocycles. The molecule has 0 spiro atoms. The molecular weight excluding hydrogens is 64.0 g/mol. The topological polar surface area (TPSA) is 47.6 Å². The van der Waals surface area contributed by atoms with Gasteiger partial charge in [0.1, 0.15) is 0 Å². The summed E-state index contributed by atoms with van der Waals surface area (Å²) in [4.78, 5) is 0. The van der Waals surface area contributed by atoms with Crippen molar-refractivity contribution in [2.45, 2.75) is 6.92 Å². The minimum Gasteiger partial charge on any atom is -0.103 e. The summed E-state index contributed by atoms with van der Waals surface area (Å²) in [6.45, 7) is 5.25. The van der Waals surface area contributed by atoms with Gasteiger partial charge in [-0.15, -0.1) is 6.58 Å². The van der Waals surface area contributed by atoms with Gasteiger partial charge >= 0.3 is 0 Å². The van der Waals surface area contributed by atoms with Crippen molar-refractivity contribution < 1.29 is 0 Å². The van der Waals surface area contributed by atoms with Crippen LogP contribution in [-0.4, -0.2) is 0 Å². The molecule has 0 aromatic carbocycles. The van der Waals surface area contributed by atoms with E-state index in [1.54, 1.807) is 6.08 Å². The highest BCUT2D eigenvalue weighted by atomic mass is 14.6. The fourth-order valence-electron chi connectivity index (χ4n) is 0. The van der Waals surface area contributed by atoms with Crippen molar-refractivity contribution in [3.8, 4) is 0 Å². The van der Waals surface area contributed by atoms with Crippen LogP contribution in [0.15, 0.2) is 12.7 Å². The van der Waals surface area contributed by atoms with Crippen LogP contribution in [0.1, 0.15) is 6.92 Å². The predicted molar refractivity (Wildman–Crippen MR) is 19.3 cm³/mol. The Morgan fingerprint density at radius 2 is 1.60 bits per heavy atom. The predicted octanol–water partition coefficient (Wildman–Crippen LogP) is 1.22. The first kappa shape index (κ1) is 8.90. The molecule has 0 aliphatic heterocycles. The van der Waals surface area contributed by atoms with Gasteiger partial charge in [-0.3, -0.25) is 0 Å². The molecule has 0 rings (SSSR count). The minimum atomic E-state index is 1.75. The fourth-order valence-corrected chi connectivity index (χ4v) is 0. The van der Waals surface area contributed by atoms with E-state index in [2.05, 4.69) is 6.58 Å². The summed E-state index contributed by atoms with van der Waals surface area (Å²) in [6, 6.07) is 0. The Morgan fingerprint density at radius 3 is 1.60 bits per heavy atom. The Bertz CT molecular complexity index is 29.1. The van der Waals surface area contributed by atoms with Gasteiger partial charge < -0.3 is 0 Å².